The largest absolute Gasteiger partial charge is 0.359 e. The van der Waals surface area contributed by atoms with Crippen LogP contribution in [-0.2, 0) is 10.8 Å². The second-order valence-electron chi connectivity index (χ2n) is 8.95. The van der Waals surface area contributed by atoms with E-state index in [1.54, 1.807) is 0 Å². The van der Waals surface area contributed by atoms with E-state index in [-0.39, 0.29) is 10.8 Å². The van der Waals surface area contributed by atoms with Crippen LogP contribution in [0.4, 0.5) is 5.69 Å². The van der Waals surface area contributed by atoms with E-state index in [9.17, 15) is 0 Å². The fourth-order valence-electron chi connectivity index (χ4n) is 4.92. The average Bonchev–Trinajstić information content (AvgIpc) is 2.92. The van der Waals surface area contributed by atoms with Crippen LogP contribution >= 0.6 is 0 Å². The first kappa shape index (κ1) is 17.2. The van der Waals surface area contributed by atoms with Gasteiger partial charge in [0.2, 0.25) is 0 Å². The number of fused-ring (bicyclic) bond motifs is 2. The first-order valence-electron chi connectivity index (χ1n) is 9.60. The number of benzene rings is 2. The summed E-state index contributed by atoms with van der Waals surface area (Å²) in [6, 6.07) is 13.7. The number of aryl methyl sites for hydroxylation is 1. The SMILES string of the molecule is Cc1ccc2c(c1N1C=CN(C)[C@@H]1C)C(C)(C)c1ccccc1C2(C)C. The lowest BCUT2D eigenvalue weighted by atomic mass is 9.59. The van der Waals surface area contributed by atoms with Gasteiger partial charge in [-0.1, -0.05) is 64.1 Å². The summed E-state index contributed by atoms with van der Waals surface area (Å²) in [7, 11) is 2.15. The highest BCUT2D eigenvalue weighted by molar-refractivity contribution is 5.73. The van der Waals surface area contributed by atoms with E-state index < -0.39 is 0 Å². The fraction of sp³-hybridized carbons (Fsp3) is 0.417. The van der Waals surface area contributed by atoms with E-state index >= 15 is 0 Å². The molecule has 0 unspecified atom stereocenters. The minimum Gasteiger partial charge on any atom is -0.359 e. The molecule has 2 heteroatoms. The molecular weight excluding hydrogens is 316 g/mol. The molecule has 1 atom stereocenters. The van der Waals surface area contributed by atoms with Crippen LogP contribution < -0.4 is 4.90 Å². The number of anilines is 1. The van der Waals surface area contributed by atoms with Crippen LogP contribution in [-0.4, -0.2) is 18.1 Å². The molecule has 1 aliphatic heterocycles. The Balaban J connectivity index is 2.05. The number of rotatable bonds is 1. The van der Waals surface area contributed by atoms with Crippen molar-refractivity contribution in [3.8, 4) is 0 Å². The molecule has 26 heavy (non-hydrogen) atoms. The Morgan fingerprint density at radius 3 is 2.00 bits per heavy atom. The highest BCUT2D eigenvalue weighted by atomic mass is 15.4. The van der Waals surface area contributed by atoms with Gasteiger partial charge >= 0.3 is 0 Å². The third kappa shape index (κ3) is 2.11. The molecule has 0 radical (unpaired) electrons. The van der Waals surface area contributed by atoms with E-state index in [0.717, 1.165) is 0 Å². The summed E-state index contributed by atoms with van der Waals surface area (Å²) < 4.78 is 0. The highest BCUT2D eigenvalue weighted by Gasteiger charge is 2.44. The van der Waals surface area contributed by atoms with Gasteiger partial charge in [-0.05, 0) is 41.7 Å². The number of hydrogen-bond acceptors (Lipinski definition) is 2. The Morgan fingerprint density at radius 1 is 0.808 bits per heavy atom. The van der Waals surface area contributed by atoms with Crippen LogP contribution in [0, 0.1) is 6.92 Å². The van der Waals surface area contributed by atoms with Gasteiger partial charge in [-0.15, -0.1) is 0 Å². The lowest BCUT2D eigenvalue weighted by molar-refractivity contribution is 0.381. The van der Waals surface area contributed by atoms with E-state index in [1.807, 2.05) is 0 Å². The van der Waals surface area contributed by atoms with Crippen molar-refractivity contribution in [1.29, 1.82) is 0 Å². The Hall–Kier alpha value is -2.22. The van der Waals surface area contributed by atoms with Gasteiger partial charge in [0.1, 0.15) is 6.17 Å². The third-order valence-electron chi connectivity index (χ3n) is 6.66. The molecule has 136 valence electrons. The van der Waals surface area contributed by atoms with Crippen molar-refractivity contribution >= 4 is 5.69 Å². The van der Waals surface area contributed by atoms with E-state index in [4.69, 9.17) is 0 Å². The lowest BCUT2D eigenvalue weighted by Crippen LogP contribution is -2.40. The Labute approximate surface area is 158 Å². The molecule has 4 rings (SSSR count). The maximum absolute atomic E-state index is 2.44. The summed E-state index contributed by atoms with van der Waals surface area (Å²) in [4.78, 5) is 4.72. The zero-order valence-corrected chi connectivity index (χ0v) is 17.1. The molecule has 0 saturated carbocycles. The molecule has 0 aromatic heterocycles. The Kier molecular flexibility index (Phi) is 3.57. The van der Waals surface area contributed by atoms with Crippen molar-refractivity contribution in [2.24, 2.45) is 0 Å². The minimum absolute atomic E-state index is 0.00246. The molecule has 0 amide bonds. The summed E-state index contributed by atoms with van der Waals surface area (Å²) in [5.41, 5.74) is 8.54. The predicted octanol–water partition coefficient (Wildman–Crippen LogP) is 5.53. The van der Waals surface area contributed by atoms with Gasteiger partial charge in [-0.25, -0.2) is 0 Å². The number of hydrogen-bond donors (Lipinski definition) is 0. The molecule has 0 N–H and O–H groups in total. The van der Waals surface area contributed by atoms with Crippen LogP contribution in [0.3, 0.4) is 0 Å². The molecule has 0 saturated heterocycles. The average molecular weight is 347 g/mol. The number of nitrogens with zero attached hydrogens (tertiary/aromatic N) is 2. The zero-order chi connectivity index (χ0) is 18.9. The maximum Gasteiger partial charge on any atom is 0.102 e. The second kappa shape index (κ2) is 5.39. The van der Waals surface area contributed by atoms with E-state index in [2.05, 4.69) is 107 Å². The summed E-state index contributed by atoms with van der Waals surface area (Å²) >= 11 is 0. The fourth-order valence-corrected chi connectivity index (χ4v) is 4.92. The van der Waals surface area contributed by atoms with Crippen LogP contribution in [0.25, 0.3) is 0 Å². The maximum atomic E-state index is 2.44. The normalized spacial score (nSPS) is 22.3. The molecule has 0 spiro atoms. The van der Waals surface area contributed by atoms with Gasteiger partial charge in [0, 0.05) is 36.0 Å². The van der Waals surface area contributed by atoms with E-state index in [0.29, 0.717) is 6.17 Å². The highest BCUT2D eigenvalue weighted by Crippen LogP contribution is 2.53. The van der Waals surface area contributed by atoms with Crippen molar-refractivity contribution in [2.45, 2.75) is 58.5 Å². The molecule has 0 fully saturated rings. The monoisotopic (exact) mass is 346 g/mol. The molecule has 2 nitrogen and oxygen atoms in total. The summed E-state index contributed by atoms with van der Waals surface area (Å²) in [6.07, 6.45) is 4.74. The van der Waals surface area contributed by atoms with Crippen LogP contribution in [0.15, 0.2) is 48.8 Å². The Bertz CT molecular complexity index is 904. The smallest absolute Gasteiger partial charge is 0.102 e. The third-order valence-corrected chi connectivity index (χ3v) is 6.66. The lowest BCUT2D eigenvalue weighted by Gasteiger charge is -2.46. The van der Waals surface area contributed by atoms with Crippen molar-refractivity contribution < 1.29 is 0 Å². The van der Waals surface area contributed by atoms with Gasteiger partial charge in [0.15, 0.2) is 0 Å². The van der Waals surface area contributed by atoms with E-state index in [1.165, 1.54) is 33.5 Å². The molecule has 1 heterocycles. The molecule has 1 aliphatic carbocycles. The van der Waals surface area contributed by atoms with Gasteiger partial charge in [0.25, 0.3) is 0 Å². The van der Waals surface area contributed by atoms with Gasteiger partial charge in [-0.3, -0.25) is 0 Å². The van der Waals surface area contributed by atoms with Crippen LogP contribution in [0.2, 0.25) is 0 Å². The first-order valence-corrected chi connectivity index (χ1v) is 9.60. The van der Waals surface area contributed by atoms with Crippen molar-refractivity contribution in [1.82, 2.24) is 4.90 Å². The van der Waals surface area contributed by atoms with Crippen LogP contribution in [0.1, 0.15) is 62.4 Å². The van der Waals surface area contributed by atoms with Crippen molar-refractivity contribution in [3.05, 3.63) is 76.6 Å². The summed E-state index contributed by atoms with van der Waals surface area (Å²) in [5, 5.41) is 0. The molecule has 2 aromatic rings. The standard InChI is InChI=1S/C24H30N2/c1-16-12-13-20-21(22(16)26-15-14-25(7)17(26)2)24(5,6)19-11-9-8-10-18(19)23(20,3)4/h8-15,17H,1-7H3/t17-/m0/s1. The second-order valence-corrected chi connectivity index (χ2v) is 8.95. The van der Waals surface area contributed by atoms with Gasteiger partial charge in [0.05, 0.1) is 0 Å². The quantitative estimate of drug-likeness (QED) is 0.670. The molecular formula is C24H30N2. The Morgan fingerprint density at radius 2 is 1.42 bits per heavy atom. The summed E-state index contributed by atoms with van der Waals surface area (Å²) in [6.45, 7) is 14.0. The molecule has 0 bridgehead atoms. The minimum atomic E-state index is -0.0302. The first-order chi connectivity index (χ1) is 12.2. The molecule has 2 aromatic carbocycles. The van der Waals surface area contributed by atoms with Gasteiger partial charge < -0.3 is 9.80 Å². The topological polar surface area (TPSA) is 6.48 Å². The predicted molar refractivity (Wildman–Crippen MR) is 111 cm³/mol. The molecule has 2 aliphatic rings. The van der Waals surface area contributed by atoms with Crippen molar-refractivity contribution in [3.63, 3.8) is 0 Å². The zero-order valence-electron chi connectivity index (χ0n) is 17.1. The van der Waals surface area contributed by atoms with Gasteiger partial charge in [-0.2, -0.15) is 0 Å². The van der Waals surface area contributed by atoms with Crippen molar-refractivity contribution in [2.75, 3.05) is 11.9 Å². The summed E-state index contributed by atoms with van der Waals surface area (Å²) in [5.74, 6) is 0. The van der Waals surface area contributed by atoms with Crippen LogP contribution in [0.5, 0.6) is 0 Å².